The fourth-order valence-electron chi connectivity index (χ4n) is 1.92. The van der Waals surface area contributed by atoms with E-state index in [0.29, 0.717) is 28.8 Å². The van der Waals surface area contributed by atoms with Crippen molar-refractivity contribution < 1.29 is 13.9 Å². The van der Waals surface area contributed by atoms with E-state index in [0.717, 1.165) is 10.0 Å². The van der Waals surface area contributed by atoms with Crippen LogP contribution in [0.25, 0.3) is 0 Å². The lowest BCUT2D eigenvalue weighted by atomic mass is 10.2. The fourth-order valence-corrected chi connectivity index (χ4v) is 2.55. The van der Waals surface area contributed by atoms with Gasteiger partial charge in [0.15, 0.2) is 11.5 Å². The van der Waals surface area contributed by atoms with Gasteiger partial charge in [0.05, 0.1) is 5.69 Å². The average Bonchev–Trinajstić information content (AvgIpc) is 2.86. The van der Waals surface area contributed by atoms with Gasteiger partial charge in [0.2, 0.25) is 6.79 Å². The topological polar surface area (TPSA) is 30.5 Å². The maximum Gasteiger partial charge on any atom is 0.231 e. The van der Waals surface area contributed by atoms with Gasteiger partial charge in [-0.1, -0.05) is 27.5 Å². The molecule has 0 unspecified atom stereocenters. The van der Waals surface area contributed by atoms with Crippen molar-refractivity contribution in [3.63, 3.8) is 0 Å². The number of rotatable bonds is 3. The Bertz CT molecular complexity index is 666. The lowest BCUT2D eigenvalue weighted by Gasteiger charge is -2.10. The van der Waals surface area contributed by atoms with E-state index in [1.54, 1.807) is 6.07 Å². The van der Waals surface area contributed by atoms with E-state index in [9.17, 15) is 4.39 Å². The zero-order chi connectivity index (χ0) is 14.1. The fraction of sp³-hybridized carbons (Fsp3) is 0.143. The molecular weight excluding hydrogens is 349 g/mol. The molecule has 0 aromatic heterocycles. The molecule has 1 N–H and O–H groups in total. The molecule has 2 aromatic carbocycles. The molecule has 0 bridgehead atoms. The van der Waals surface area contributed by atoms with Gasteiger partial charge >= 0.3 is 0 Å². The Morgan fingerprint density at radius 2 is 1.95 bits per heavy atom. The van der Waals surface area contributed by atoms with E-state index >= 15 is 0 Å². The molecule has 0 fully saturated rings. The molecule has 104 valence electrons. The van der Waals surface area contributed by atoms with Gasteiger partial charge in [-0.25, -0.2) is 4.39 Å². The van der Waals surface area contributed by atoms with E-state index in [-0.39, 0.29) is 12.6 Å². The molecule has 0 amide bonds. The quantitative estimate of drug-likeness (QED) is 0.871. The van der Waals surface area contributed by atoms with Crippen molar-refractivity contribution in [1.29, 1.82) is 0 Å². The summed E-state index contributed by atoms with van der Waals surface area (Å²) in [5, 5.41) is 3.50. The molecule has 1 aliphatic heterocycles. The first-order chi connectivity index (χ1) is 9.63. The Hall–Kier alpha value is -1.46. The number of ether oxygens (including phenoxy) is 2. The maximum atomic E-state index is 13.6. The van der Waals surface area contributed by atoms with Crippen LogP contribution in [0.4, 0.5) is 10.1 Å². The van der Waals surface area contributed by atoms with Gasteiger partial charge in [0.1, 0.15) is 5.82 Å². The maximum absolute atomic E-state index is 13.6. The predicted molar refractivity (Wildman–Crippen MR) is 79.0 cm³/mol. The van der Waals surface area contributed by atoms with Crippen molar-refractivity contribution in [1.82, 2.24) is 0 Å². The molecule has 3 nitrogen and oxygen atoms in total. The highest BCUT2D eigenvalue weighted by atomic mass is 79.9. The zero-order valence-corrected chi connectivity index (χ0v) is 12.6. The summed E-state index contributed by atoms with van der Waals surface area (Å²) in [6.07, 6.45) is 0. The average molecular weight is 359 g/mol. The first kappa shape index (κ1) is 13.5. The molecule has 20 heavy (non-hydrogen) atoms. The Kier molecular flexibility index (Phi) is 3.72. The van der Waals surface area contributed by atoms with Crippen molar-refractivity contribution in [2.75, 3.05) is 12.1 Å². The normalized spacial score (nSPS) is 12.6. The summed E-state index contributed by atoms with van der Waals surface area (Å²) in [5.41, 5.74) is 1.30. The first-order valence-corrected chi connectivity index (χ1v) is 7.07. The van der Waals surface area contributed by atoms with Gasteiger partial charge in [-0.3, -0.25) is 0 Å². The van der Waals surface area contributed by atoms with Gasteiger partial charge in [0, 0.05) is 16.0 Å². The van der Waals surface area contributed by atoms with Gasteiger partial charge < -0.3 is 14.8 Å². The van der Waals surface area contributed by atoms with Crippen molar-refractivity contribution in [2.45, 2.75) is 6.54 Å². The van der Waals surface area contributed by atoms with E-state index < -0.39 is 0 Å². The lowest BCUT2D eigenvalue weighted by molar-refractivity contribution is 0.174. The Morgan fingerprint density at radius 3 is 2.75 bits per heavy atom. The summed E-state index contributed by atoms with van der Waals surface area (Å²) in [5.74, 6) is 1.05. The lowest BCUT2D eigenvalue weighted by Crippen LogP contribution is -2.02. The van der Waals surface area contributed by atoms with E-state index in [2.05, 4.69) is 21.2 Å². The second kappa shape index (κ2) is 5.50. The summed E-state index contributed by atoms with van der Waals surface area (Å²) in [4.78, 5) is 0. The third-order valence-electron chi connectivity index (χ3n) is 2.94. The van der Waals surface area contributed by atoms with Crippen LogP contribution in [0.1, 0.15) is 5.56 Å². The van der Waals surface area contributed by atoms with Crippen LogP contribution >= 0.6 is 27.5 Å². The second-order valence-corrected chi connectivity index (χ2v) is 5.57. The molecule has 0 radical (unpaired) electrons. The molecule has 1 heterocycles. The summed E-state index contributed by atoms with van der Waals surface area (Å²) in [7, 11) is 0. The number of anilines is 1. The Labute approximate surface area is 128 Å². The molecule has 0 spiro atoms. The van der Waals surface area contributed by atoms with E-state index in [1.807, 2.05) is 12.1 Å². The van der Waals surface area contributed by atoms with E-state index in [4.69, 9.17) is 21.1 Å². The standard InChI is InChI=1S/C14H10BrClFNO2/c15-10-5-14-13(19-7-20-14)3-8(10)6-18-12-4-9(16)1-2-11(12)17/h1-5,18H,6-7H2. The van der Waals surface area contributed by atoms with Gasteiger partial charge in [0.25, 0.3) is 0 Å². The Morgan fingerprint density at radius 1 is 1.20 bits per heavy atom. The highest BCUT2D eigenvalue weighted by Gasteiger charge is 2.16. The number of halogens is 3. The number of hydrogen-bond donors (Lipinski definition) is 1. The molecule has 0 saturated heterocycles. The number of fused-ring (bicyclic) bond motifs is 1. The SMILES string of the molecule is Fc1ccc(Cl)cc1NCc1cc2c(cc1Br)OCO2. The summed E-state index contributed by atoms with van der Waals surface area (Å²) < 4.78 is 25.1. The van der Waals surface area contributed by atoms with Gasteiger partial charge in [-0.05, 0) is 35.9 Å². The molecule has 0 atom stereocenters. The second-order valence-electron chi connectivity index (χ2n) is 4.27. The molecule has 1 aliphatic rings. The van der Waals surface area contributed by atoms with Crippen molar-refractivity contribution >= 4 is 33.2 Å². The minimum Gasteiger partial charge on any atom is -0.454 e. The van der Waals surface area contributed by atoms with Crippen molar-refractivity contribution in [3.8, 4) is 11.5 Å². The molecular formula is C14H10BrClFNO2. The van der Waals surface area contributed by atoms with E-state index in [1.165, 1.54) is 12.1 Å². The minimum atomic E-state index is -0.341. The minimum absolute atomic E-state index is 0.224. The summed E-state index contributed by atoms with van der Waals surface area (Å²) in [6, 6.07) is 8.10. The third-order valence-corrected chi connectivity index (χ3v) is 3.91. The van der Waals surface area contributed by atoms with Crippen LogP contribution in [0.2, 0.25) is 5.02 Å². The molecule has 6 heteroatoms. The summed E-state index contributed by atoms with van der Waals surface area (Å²) in [6.45, 7) is 0.663. The predicted octanol–water partition coefficient (Wildman–Crippen LogP) is 4.58. The Balaban J connectivity index is 1.80. The van der Waals surface area contributed by atoms with Crippen LogP contribution in [0.3, 0.4) is 0 Å². The number of benzene rings is 2. The van der Waals surface area contributed by atoms with Crippen LogP contribution in [0, 0.1) is 5.82 Å². The highest BCUT2D eigenvalue weighted by molar-refractivity contribution is 9.10. The number of nitrogens with one attached hydrogen (secondary N) is 1. The highest BCUT2D eigenvalue weighted by Crippen LogP contribution is 2.37. The zero-order valence-electron chi connectivity index (χ0n) is 10.3. The smallest absolute Gasteiger partial charge is 0.231 e. The third kappa shape index (κ3) is 2.69. The van der Waals surface area contributed by atoms with Crippen LogP contribution in [-0.2, 0) is 6.54 Å². The van der Waals surface area contributed by atoms with Crippen molar-refractivity contribution in [3.05, 3.63) is 51.2 Å². The largest absolute Gasteiger partial charge is 0.454 e. The first-order valence-electron chi connectivity index (χ1n) is 5.90. The molecule has 3 rings (SSSR count). The van der Waals surface area contributed by atoms with Crippen LogP contribution in [-0.4, -0.2) is 6.79 Å². The van der Waals surface area contributed by atoms with Gasteiger partial charge in [-0.2, -0.15) is 0 Å². The molecule has 0 saturated carbocycles. The van der Waals surface area contributed by atoms with Crippen LogP contribution in [0.5, 0.6) is 11.5 Å². The van der Waals surface area contributed by atoms with Crippen molar-refractivity contribution in [2.24, 2.45) is 0 Å². The number of hydrogen-bond acceptors (Lipinski definition) is 3. The monoisotopic (exact) mass is 357 g/mol. The van der Waals surface area contributed by atoms with Crippen LogP contribution < -0.4 is 14.8 Å². The summed E-state index contributed by atoms with van der Waals surface area (Å²) >= 11 is 9.32. The van der Waals surface area contributed by atoms with Gasteiger partial charge in [-0.15, -0.1) is 0 Å². The molecule has 0 aliphatic carbocycles. The van der Waals surface area contributed by atoms with Crippen LogP contribution in [0.15, 0.2) is 34.8 Å². The molecule has 2 aromatic rings.